The molecule has 7 heteroatoms. The van der Waals surface area contributed by atoms with Gasteiger partial charge in [0.25, 0.3) is 0 Å². The number of rotatable bonds is 4. The number of carbonyl (C=O) groups excluding carboxylic acids is 1. The van der Waals surface area contributed by atoms with Crippen LogP contribution in [-0.4, -0.2) is 50.6 Å². The van der Waals surface area contributed by atoms with Crippen molar-refractivity contribution in [2.24, 2.45) is 17.8 Å². The van der Waals surface area contributed by atoms with E-state index >= 15 is 0 Å². The predicted octanol–water partition coefficient (Wildman–Crippen LogP) is 1.62. The molecule has 0 spiro atoms. The van der Waals surface area contributed by atoms with E-state index in [0.29, 0.717) is 24.7 Å². The molecule has 2 N–H and O–H groups in total. The van der Waals surface area contributed by atoms with Gasteiger partial charge in [0.1, 0.15) is 12.7 Å². The molecule has 5 aliphatic rings. The summed E-state index contributed by atoms with van der Waals surface area (Å²) in [5.41, 5.74) is -0.0859. The molecule has 1 aromatic rings. The molecule has 4 bridgehead atoms. The molecule has 1 heterocycles. The maximum Gasteiger partial charge on any atom is 0.223 e. The lowest BCUT2D eigenvalue weighted by Crippen LogP contribution is -2.66. The Bertz CT molecular complexity index is 692. The van der Waals surface area contributed by atoms with Crippen LogP contribution in [0.3, 0.4) is 0 Å². The number of aromatic nitrogens is 3. The van der Waals surface area contributed by atoms with E-state index in [1.54, 1.807) is 13.4 Å². The summed E-state index contributed by atoms with van der Waals surface area (Å²) >= 11 is 0. The largest absolute Gasteiger partial charge is 0.390 e. The van der Waals surface area contributed by atoms with Gasteiger partial charge in [-0.3, -0.25) is 4.79 Å². The van der Waals surface area contributed by atoms with E-state index in [9.17, 15) is 9.90 Å². The van der Waals surface area contributed by atoms with E-state index in [1.807, 2.05) is 6.33 Å². The van der Waals surface area contributed by atoms with Crippen molar-refractivity contribution < 1.29 is 14.6 Å². The first-order valence-electron chi connectivity index (χ1n) is 10.4. The van der Waals surface area contributed by atoms with E-state index in [1.165, 1.54) is 6.42 Å². The molecule has 0 aromatic carbocycles. The quantitative estimate of drug-likeness (QED) is 0.836. The van der Waals surface area contributed by atoms with Crippen LogP contribution in [0.4, 0.5) is 0 Å². The van der Waals surface area contributed by atoms with Crippen LogP contribution in [0.25, 0.3) is 0 Å². The molecule has 5 fully saturated rings. The summed E-state index contributed by atoms with van der Waals surface area (Å²) in [4.78, 5) is 17.3. The van der Waals surface area contributed by atoms with Gasteiger partial charge in [-0.2, -0.15) is 5.10 Å². The fraction of sp³-hybridized carbons (Fsp3) is 0.850. The van der Waals surface area contributed by atoms with Gasteiger partial charge in [-0.15, -0.1) is 0 Å². The highest BCUT2D eigenvalue weighted by atomic mass is 16.5. The minimum absolute atomic E-state index is 0.0195. The Morgan fingerprint density at radius 3 is 2.67 bits per heavy atom. The Labute approximate surface area is 159 Å². The van der Waals surface area contributed by atoms with Crippen LogP contribution in [0.2, 0.25) is 0 Å². The summed E-state index contributed by atoms with van der Waals surface area (Å²) < 4.78 is 7.47. The van der Waals surface area contributed by atoms with Crippen molar-refractivity contribution in [3.05, 3.63) is 12.7 Å². The second-order valence-electron chi connectivity index (χ2n) is 9.65. The Balaban J connectivity index is 1.35. The van der Waals surface area contributed by atoms with E-state index in [0.717, 1.165) is 38.5 Å². The van der Waals surface area contributed by atoms with E-state index < -0.39 is 6.10 Å². The van der Waals surface area contributed by atoms with Gasteiger partial charge in [-0.05, 0) is 69.6 Å². The summed E-state index contributed by atoms with van der Waals surface area (Å²) in [7, 11) is 1.62. The van der Waals surface area contributed by atoms with Crippen LogP contribution in [-0.2, 0) is 15.1 Å². The van der Waals surface area contributed by atoms with Gasteiger partial charge in [0.15, 0.2) is 0 Å². The van der Waals surface area contributed by atoms with Crippen molar-refractivity contribution in [1.29, 1.82) is 0 Å². The molecule has 5 atom stereocenters. The molecule has 1 aromatic heterocycles. The monoisotopic (exact) mass is 374 g/mol. The number of nitrogens with one attached hydrogen (secondary N) is 1. The maximum absolute atomic E-state index is 13.2. The summed E-state index contributed by atoms with van der Waals surface area (Å²) in [6.45, 7) is 0. The second-order valence-corrected chi connectivity index (χ2v) is 9.65. The predicted molar refractivity (Wildman–Crippen MR) is 97.7 cm³/mol. The van der Waals surface area contributed by atoms with E-state index in [4.69, 9.17) is 4.74 Å². The normalized spacial score (nSPS) is 45.8. The molecule has 148 valence electrons. The average molecular weight is 374 g/mol. The van der Waals surface area contributed by atoms with Crippen molar-refractivity contribution in [2.75, 3.05) is 7.11 Å². The van der Waals surface area contributed by atoms with Gasteiger partial charge in [-0.25, -0.2) is 9.67 Å². The highest BCUT2D eigenvalue weighted by Gasteiger charge is 2.59. The standard InChI is InChI=1S/C20H30N4O3/c1-27-17-5-15(2-3-16(17)25)18(26)23-19-6-13-4-14(7-19)9-20(8-13,10-19)24-12-21-11-22-24/h11-17,25H,2-10H2,1H3,(H,23,26)/t13?,14?,15-,16+,17-,19?,20?/m1/s1. The minimum Gasteiger partial charge on any atom is -0.390 e. The zero-order valence-electron chi connectivity index (χ0n) is 16.0. The number of aliphatic hydroxyl groups is 1. The van der Waals surface area contributed by atoms with Gasteiger partial charge >= 0.3 is 0 Å². The Kier molecular flexibility index (Phi) is 4.09. The molecule has 5 saturated carbocycles. The number of methoxy groups -OCH3 is 1. The number of hydrogen-bond acceptors (Lipinski definition) is 5. The number of ether oxygens (including phenoxy) is 1. The SMILES string of the molecule is CO[C@@H]1C[C@H](C(=O)NC23CC4CC(C2)CC(n2cncn2)(C4)C3)CC[C@@H]1O. The summed E-state index contributed by atoms with van der Waals surface area (Å²) in [5, 5.41) is 18.0. The maximum atomic E-state index is 13.2. The zero-order chi connectivity index (χ0) is 18.6. The number of hydrogen-bond donors (Lipinski definition) is 2. The fourth-order valence-corrected chi connectivity index (χ4v) is 7.05. The van der Waals surface area contributed by atoms with Crippen molar-refractivity contribution in [3.8, 4) is 0 Å². The lowest BCUT2D eigenvalue weighted by Gasteiger charge is -2.62. The first-order valence-corrected chi connectivity index (χ1v) is 10.4. The van der Waals surface area contributed by atoms with Crippen LogP contribution in [0.1, 0.15) is 57.8 Å². The third-order valence-electron chi connectivity index (χ3n) is 7.75. The summed E-state index contributed by atoms with van der Waals surface area (Å²) in [6, 6.07) is 0. The van der Waals surface area contributed by atoms with Crippen LogP contribution in [0, 0.1) is 17.8 Å². The molecule has 6 rings (SSSR count). The molecule has 7 nitrogen and oxygen atoms in total. The van der Waals surface area contributed by atoms with Crippen LogP contribution in [0.15, 0.2) is 12.7 Å². The van der Waals surface area contributed by atoms with Gasteiger partial charge in [0, 0.05) is 18.6 Å². The molecule has 0 radical (unpaired) electrons. The van der Waals surface area contributed by atoms with Crippen LogP contribution >= 0.6 is 0 Å². The minimum atomic E-state index is -0.450. The highest BCUT2D eigenvalue weighted by molar-refractivity contribution is 5.79. The first kappa shape index (κ1) is 17.6. The Morgan fingerprint density at radius 1 is 1.22 bits per heavy atom. The number of aliphatic hydroxyl groups excluding tert-OH is 1. The van der Waals surface area contributed by atoms with Crippen molar-refractivity contribution in [2.45, 2.75) is 81.1 Å². The van der Waals surface area contributed by atoms with Gasteiger partial charge in [0.05, 0.1) is 17.7 Å². The molecule has 0 aliphatic heterocycles. The van der Waals surface area contributed by atoms with Gasteiger partial charge in [-0.1, -0.05) is 0 Å². The number of nitrogens with zero attached hydrogens (tertiary/aromatic N) is 3. The number of amides is 1. The highest BCUT2D eigenvalue weighted by Crippen LogP contribution is 2.60. The fourth-order valence-electron chi connectivity index (χ4n) is 7.05. The Hall–Kier alpha value is -1.47. The summed E-state index contributed by atoms with van der Waals surface area (Å²) in [6.07, 6.45) is 11.5. The molecule has 1 amide bonds. The van der Waals surface area contributed by atoms with Crippen LogP contribution in [0.5, 0.6) is 0 Å². The molecule has 27 heavy (non-hydrogen) atoms. The van der Waals surface area contributed by atoms with Gasteiger partial charge < -0.3 is 15.2 Å². The number of carbonyl (C=O) groups is 1. The molecule has 5 aliphatic carbocycles. The van der Waals surface area contributed by atoms with E-state index in [2.05, 4.69) is 20.1 Å². The average Bonchev–Trinajstić information content (AvgIpc) is 3.16. The van der Waals surface area contributed by atoms with E-state index in [-0.39, 0.29) is 29.0 Å². The van der Waals surface area contributed by atoms with Crippen molar-refractivity contribution in [1.82, 2.24) is 20.1 Å². The molecule has 0 saturated heterocycles. The second kappa shape index (κ2) is 6.27. The zero-order valence-corrected chi connectivity index (χ0v) is 16.0. The lowest BCUT2D eigenvalue weighted by atomic mass is 9.50. The topological polar surface area (TPSA) is 89.3 Å². The Morgan fingerprint density at radius 2 is 2.00 bits per heavy atom. The third-order valence-corrected chi connectivity index (χ3v) is 7.75. The van der Waals surface area contributed by atoms with Crippen molar-refractivity contribution in [3.63, 3.8) is 0 Å². The third kappa shape index (κ3) is 2.90. The van der Waals surface area contributed by atoms with Crippen LogP contribution < -0.4 is 5.32 Å². The summed E-state index contributed by atoms with van der Waals surface area (Å²) in [5.74, 6) is 1.42. The van der Waals surface area contributed by atoms with Gasteiger partial charge in [0.2, 0.25) is 5.91 Å². The lowest BCUT2D eigenvalue weighted by molar-refractivity contribution is -0.139. The molecular formula is C20H30N4O3. The smallest absolute Gasteiger partial charge is 0.223 e. The molecular weight excluding hydrogens is 344 g/mol. The first-order chi connectivity index (χ1) is 13.0. The van der Waals surface area contributed by atoms with Crippen molar-refractivity contribution >= 4 is 5.91 Å². The molecule has 2 unspecified atom stereocenters.